The van der Waals surface area contributed by atoms with E-state index in [0.29, 0.717) is 16.9 Å². The molecule has 0 atom stereocenters. The maximum Gasteiger partial charge on any atom is 0.257 e. The molecule has 26 heavy (non-hydrogen) atoms. The van der Waals surface area contributed by atoms with Crippen LogP contribution in [0.25, 0.3) is 10.8 Å². The van der Waals surface area contributed by atoms with Gasteiger partial charge in [0.1, 0.15) is 11.6 Å². The molecule has 3 aromatic carbocycles. The summed E-state index contributed by atoms with van der Waals surface area (Å²) >= 11 is 1.57. The Morgan fingerprint density at radius 3 is 2.19 bits per heavy atom. The second kappa shape index (κ2) is 7.06. The fourth-order valence-electron chi connectivity index (χ4n) is 2.73. The van der Waals surface area contributed by atoms with Gasteiger partial charge in [-0.3, -0.25) is 4.79 Å². The quantitative estimate of drug-likeness (QED) is 0.499. The second-order valence-corrected chi connectivity index (χ2v) is 6.83. The summed E-state index contributed by atoms with van der Waals surface area (Å²) in [5, 5.41) is 4.71. The van der Waals surface area contributed by atoms with Crippen LogP contribution in [0.1, 0.15) is 0 Å². The van der Waals surface area contributed by atoms with E-state index < -0.39 is 0 Å². The molecule has 1 heterocycles. The molecule has 0 bridgehead atoms. The van der Waals surface area contributed by atoms with Gasteiger partial charge >= 0.3 is 0 Å². The van der Waals surface area contributed by atoms with Crippen LogP contribution in [-0.4, -0.2) is 4.98 Å². The van der Waals surface area contributed by atoms with Crippen molar-refractivity contribution in [3.63, 3.8) is 0 Å². The Morgan fingerprint density at radius 1 is 0.808 bits per heavy atom. The number of benzene rings is 3. The third kappa shape index (κ3) is 3.34. The number of hydrogen-bond acceptors (Lipinski definition) is 3. The highest BCUT2D eigenvalue weighted by atomic mass is 32.2. The molecule has 0 saturated carbocycles. The second-order valence-electron chi connectivity index (χ2n) is 5.75. The predicted octanol–water partition coefficient (Wildman–Crippen LogP) is 5.56. The third-order valence-corrected chi connectivity index (χ3v) is 5.09. The van der Waals surface area contributed by atoms with Crippen LogP contribution in [0.4, 0.5) is 15.9 Å². The van der Waals surface area contributed by atoms with Crippen molar-refractivity contribution < 1.29 is 4.39 Å². The first-order valence-corrected chi connectivity index (χ1v) is 8.93. The molecule has 0 aliphatic carbocycles. The van der Waals surface area contributed by atoms with E-state index in [4.69, 9.17) is 0 Å². The average Bonchev–Trinajstić information content (AvgIpc) is 2.67. The van der Waals surface area contributed by atoms with E-state index in [2.05, 4.69) is 10.3 Å². The van der Waals surface area contributed by atoms with Gasteiger partial charge in [-0.15, -0.1) is 0 Å². The fourth-order valence-corrected chi connectivity index (χ4v) is 3.75. The van der Waals surface area contributed by atoms with Crippen molar-refractivity contribution in [2.45, 2.75) is 9.79 Å². The van der Waals surface area contributed by atoms with Gasteiger partial charge in [0.25, 0.3) is 5.56 Å². The van der Waals surface area contributed by atoms with Crippen molar-refractivity contribution in [1.82, 2.24) is 4.98 Å². The molecular weight excluding hydrogens is 347 g/mol. The van der Waals surface area contributed by atoms with Crippen molar-refractivity contribution in [3.05, 3.63) is 95.0 Å². The SMILES string of the molecule is O=c1[nH]c(Nc2ccc(F)cc2)c(Sc2ccccc2)c2ccccc12. The number of aromatic amines is 1. The summed E-state index contributed by atoms with van der Waals surface area (Å²) in [7, 11) is 0. The normalized spacial score (nSPS) is 10.8. The van der Waals surface area contributed by atoms with Crippen LogP contribution in [0, 0.1) is 5.82 Å². The smallest absolute Gasteiger partial charge is 0.257 e. The number of pyridine rings is 1. The minimum absolute atomic E-state index is 0.164. The highest BCUT2D eigenvalue weighted by Crippen LogP contribution is 2.37. The number of H-pyrrole nitrogens is 1. The predicted molar refractivity (Wildman–Crippen MR) is 105 cm³/mol. The first-order chi connectivity index (χ1) is 12.7. The lowest BCUT2D eigenvalue weighted by molar-refractivity contribution is 0.628. The number of nitrogens with one attached hydrogen (secondary N) is 2. The standard InChI is InChI=1S/C21H15FN2OS/c22-14-10-12-15(13-11-14)23-20-19(26-16-6-2-1-3-7-16)17-8-4-5-9-18(17)21(25)24-20/h1-13H,(H2,23,24,25). The minimum atomic E-state index is -0.304. The number of rotatable bonds is 4. The van der Waals surface area contributed by atoms with Gasteiger partial charge in [0.05, 0.1) is 4.90 Å². The number of anilines is 2. The molecule has 0 aliphatic heterocycles. The monoisotopic (exact) mass is 362 g/mol. The summed E-state index contributed by atoms with van der Waals surface area (Å²) in [6.45, 7) is 0. The Balaban J connectivity index is 1.86. The first kappa shape index (κ1) is 16.4. The van der Waals surface area contributed by atoms with Crippen molar-refractivity contribution >= 4 is 34.0 Å². The van der Waals surface area contributed by atoms with E-state index in [1.165, 1.54) is 12.1 Å². The maximum absolute atomic E-state index is 13.2. The third-order valence-electron chi connectivity index (χ3n) is 3.96. The molecule has 0 radical (unpaired) electrons. The zero-order valence-electron chi connectivity index (χ0n) is 13.7. The van der Waals surface area contributed by atoms with E-state index in [9.17, 15) is 9.18 Å². The zero-order chi connectivity index (χ0) is 17.9. The molecule has 0 fully saturated rings. The highest BCUT2D eigenvalue weighted by Gasteiger charge is 2.13. The van der Waals surface area contributed by atoms with Gasteiger partial charge in [-0.25, -0.2) is 4.39 Å². The zero-order valence-corrected chi connectivity index (χ0v) is 14.5. The topological polar surface area (TPSA) is 44.9 Å². The fraction of sp³-hybridized carbons (Fsp3) is 0. The van der Waals surface area contributed by atoms with Gasteiger partial charge in [0.15, 0.2) is 0 Å². The van der Waals surface area contributed by atoms with Crippen LogP contribution >= 0.6 is 11.8 Å². The molecule has 0 aliphatic rings. The summed E-state index contributed by atoms with van der Waals surface area (Å²) in [5.41, 5.74) is 0.537. The number of hydrogen-bond donors (Lipinski definition) is 2. The van der Waals surface area contributed by atoms with E-state index in [-0.39, 0.29) is 11.4 Å². The van der Waals surface area contributed by atoms with Crippen molar-refractivity contribution in [2.24, 2.45) is 0 Å². The molecule has 0 amide bonds. The molecule has 1 aromatic heterocycles. The largest absolute Gasteiger partial charge is 0.341 e. The Hall–Kier alpha value is -3.05. The lowest BCUT2D eigenvalue weighted by Gasteiger charge is -2.14. The van der Waals surface area contributed by atoms with Crippen LogP contribution in [-0.2, 0) is 0 Å². The van der Waals surface area contributed by atoms with Gasteiger partial charge in [-0.1, -0.05) is 48.2 Å². The van der Waals surface area contributed by atoms with Gasteiger partial charge in [-0.2, -0.15) is 0 Å². The van der Waals surface area contributed by atoms with Crippen molar-refractivity contribution in [3.8, 4) is 0 Å². The molecule has 4 rings (SSSR count). The molecule has 5 heteroatoms. The molecule has 0 unspecified atom stereocenters. The summed E-state index contributed by atoms with van der Waals surface area (Å²) in [5.74, 6) is 0.288. The van der Waals surface area contributed by atoms with Gasteiger partial charge in [-0.05, 0) is 42.5 Å². The minimum Gasteiger partial charge on any atom is -0.341 e. The van der Waals surface area contributed by atoms with E-state index in [1.54, 1.807) is 23.9 Å². The maximum atomic E-state index is 13.2. The Bertz CT molecular complexity index is 1110. The lowest BCUT2D eigenvalue weighted by Crippen LogP contribution is -2.10. The van der Waals surface area contributed by atoms with Gasteiger partial charge in [0.2, 0.25) is 0 Å². The Morgan fingerprint density at radius 2 is 1.46 bits per heavy atom. The molecule has 2 N–H and O–H groups in total. The van der Waals surface area contributed by atoms with Crippen LogP contribution in [0.5, 0.6) is 0 Å². The first-order valence-electron chi connectivity index (χ1n) is 8.11. The summed E-state index contributed by atoms with van der Waals surface area (Å²) < 4.78 is 13.2. The van der Waals surface area contributed by atoms with Crippen molar-refractivity contribution in [1.29, 1.82) is 0 Å². The number of halogens is 1. The molecule has 0 spiro atoms. The van der Waals surface area contributed by atoms with Crippen LogP contribution in [0.3, 0.4) is 0 Å². The van der Waals surface area contributed by atoms with E-state index in [0.717, 1.165) is 15.2 Å². The highest BCUT2D eigenvalue weighted by molar-refractivity contribution is 7.99. The Kier molecular flexibility index (Phi) is 4.46. The summed E-state index contributed by atoms with van der Waals surface area (Å²) in [6.07, 6.45) is 0. The van der Waals surface area contributed by atoms with Gasteiger partial charge in [0, 0.05) is 21.4 Å². The molecular formula is C21H15FN2OS. The van der Waals surface area contributed by atoms with Crippen LogP contribution < -0.4 is 10.9 Å². The van der Waals surface area contributed by atoms with Gasteiger partial charge < -0.3 is 10.3 Å². The molecule has 128 valence electrons. The van der Waals surface area contributed by atoms with Crippen molar-refractivity contribution in [2.75, 3.05) is 5.32 Å². The average molecular weight is 362 g/mol. The Labute approximate surface area is 153 Å². The molecule has 3 nitrogen and oxygen atoms in total. The van der Waals surface area contributed by atoms with E-state index in [1.807, 2.05) is 54.6 Å². The summed E-state index contributed by atoms with van der Waals surface area (Å²) in [4.78, 5) is 17.4. The summed E-state index contributed by atoms with van der Waals surface area (Å²) in [6, 6.07) is 23.5. The molecule has 4 aromatic rings. The lowest BCUT2D eigenvalue weighted by atomic mass is 10.1. The molecule has 0 saturated heterocycles. The van der Waals surface area contributed by atoms with Crippen LogP contribution in [0.2, 0.25) is 0 Å². The van der Waals surface area contributed by atoms with Crippen LogP contribution in [0.15, 0.2) is 93.4 Å². The number of aromatic nitrogens is 1. The van der Waals surface area contributed by atoms with E-state index >= 15 is 0 Å². The number of fused-ring (bicyclic) bond motifs is 1.